The number of hydrogen-bond donors (Lipinski definition) is 1. The van der Waals surface area contributed by atoms with Crippen LogP contribution in [-0.2, 0) is 20.6 Å². The van der Waals surface area contributed by atoms with Gasteiger partial charge in [-0.25, -0.2) is 8.42 Å². The Balaban J connectivity index is 3.95. The van der Waals surface area contributed by atoms with Crippen LogP contribution in [0.4, 0.5) is 0 Å². The molecule has 0 aromatic carbocycles. The van der Waals surface area contributed by atoms with Gasteiger partial charge >= 0.3 is 0 Å². The van der Waals surface area contributed by atoms with Crippen LogP contribution >= 0.6 is 0 Å². The van der Waals surface area contributed by atoms with Crippen molar-refractivity contribution in [3.05, 3.63) is 0 Å². The second kappa shape index (κ2) is 7.40. The number of rotatable bonds is 8. The molecule has 0 aliphatic carbocycles. The first-order valence-corrected chi connectivity index (χ1v) is 9.08. The van der Waals surface area contributed by atoms with Crippen molar-refractivity contribution in [3.8, 4) is 0 Å². The number of sulfone groups is 1. The Morgan fingerprint density at radius 3 is 2.25 bits per heavy atom. The van der Waals surface area contributed by atoms with Crippen LogP contribution in [0.2, 0.25) is 0 Å². The fourth-order valence-corrected chi connectivity index (χ4v) is 3.24. The second-order valence-electron chi connectivity index (χ2n) is 4.23. The minimum atomic E-state index is -2.92. The van der Waals surface area contributed by atoms with Gasteiger partial charge in [0.2, 0.25) is 0 Å². The maximum atomic E-state index is 11.4. The molecular weight excluding hydrogens is 246 g/mol. The summed E-state index contributed by atoms with van der Waals surface area (Å²) in [5.74, 6) is 1.01. The van der Waals surface area contributed by atoms with Gasteiger partial charge in [-0.3, -0.25) is 4.21 Å². The van der Waals surface area contributed by atoms with Crippen molar-refractivity contribution >= 4 is 20.6 Å². The predicted octanol–water partition coefficient (Wildman–Crippen LogP) is 0.556. The normalized spacial score (nSPS) is 18.0. The maximum absolute atomic E-state index is 11.4. The van der Waals surface area contributed by atoms with Crippen molar-refractivity contribution in [2.24, 2.45) is 0 Å². The SMILES string of the molecule is CCS(=O)(=O)CC(C)NC(C)CCS(C)=O. The molecule has 0 saturated heterocycles. The van der Waals surface area contributed by atoms with E-state index in [2.05, 4.69) is 5.32 Å². The van der Waals surface area contributed by atoms with E-state index in [4.69, 9.17) is 0 Å². The molecule has 0 spiro atoms. The van der Waals surface area contributed by atoms with E-state index in [-0.39, 0.29) is 23.6 Å². The van der Waals surface area contributed by atoms with Crippen LogP contribution in [0.25, 0.3) is 0 Å². The summed E-state index contributed by atoms with van der Waals surface area (Å²) in [6, 6.07) is 0.149. The quantitative estimate of drug-likeness (QED) is 0.699. The van der Waals surface area contributed by atoms with Crippen molar-refractivity contribution < 1.29 is 12.6 Å². The van der Waals surface area contributed by atoms with E-state index < -0.39 is 20.6 Å². The van der Waals surface area contributed by atoms with Crippen molar-refractivity contribution in [1.82, 2.24) is 5.32 Å². The van der Waals surface area contributed by atoms with Crippen LogP contribution in [0.5, 0.6) is 0 Å². The summed E-state index contributed by atoms with van der Waals surface area (Å²) in [5, 5.41) is 3.21. The summed E-state index contributed by atoms with van der Waals surface area (Å²) in [5.41, 5.74) is 0. The summed E-state index contributed by atoms with van der Waals surface area (Å²) in [6.45, 7) is 5.51. The molecule has 3 unspecified atom stereocenters. The molecule has 16 heavy (non-hydrogen) atoms. The minimum Gasteiger partial charge on any atom is -0.311 e. The molecule has 0 rings (SSSR count). The lowest BCUT2D eigenvalue weighted by molar-refractivity contribution is 0.477. The Morgan fingerprint density at radius 1 is 1.25 bits per heavy atom. The second-order valence-corrected chi connectivity index (χ2v) is 8.19. The average Bonchev–Trinajstić information content (AvgIpc) is 2.13. The van der Waals surface area contributed by atoms with Crippen LogP contribution in [0.15, 0.2) is 0 Å². The lowest BCUT2D eigenvalue weighted by Gasteiger charge is -2.19. The Bertz CT molecular complexity index is 314. The summed E-state index contributed by atoms with van der Waals surface area (Å²) in [4.78, 5) is 0. The Hall–Kier alpha value is 0.0600. The molecule has 0 saturated carbocycles. The van der Waals surface area contributed by atoms with Crippen molar-refractivity contribution in [2.75, 3.05) is 23.5 Å². The van der Waals surface area contributed by atoms with E-state index in [0.717, 1.165) is 6.42 Å². The summed E-state index contributed by atoms with van der Waals surface area (Å²) >= 11 is 0. The molecule has 98 valence electrons. The molecule has 4 nitrogen and oxygen atoms in total. The zero-order valence-corrected chi connectivity index (χ0v) is 12.2. The van der Waals surface area contributed by atoms with Crippen LogP contribution in [0.1, 0.15) is 27.2 Å². The molecule has 0 aromatic heterocycles. The third-order valence-corrected chi connectivity index (χ3v) is 5.05. The van der Waals surface area contributed by atoms with Gasteiger partial charge in [0.1, 0.15) is 0 Å². The van der Waals surface area contributed by atoms with E-state index >= 15 is 0 Å². The molecule has 0 amide bonds. The standard InChI is InChI=1S/C10H23NO3S2/c1-5-16(13,14)8-10(3)11-9(2)6-7-15(4)12/h9-11H,5-8H2,1-4H3. The fraction of sp³-hybridized carbons (Fsp3) is 1.00. The van der Waals surface area contributed by atoms with E-state index in [1.54, 1.807) is 13.2 Å². The van der Waals surface area contributed by atoms with Crippen LogP contribution < -0.4 is 5.32 Å². The third kappa shape index (κ3) is 8.24. The van der Waals surface area contributed by atoms with Crippen molar-refractivity contribution in [2.45, 2.75) is 39.3 Å². The Labute approximate surface area is 102 Å². The fourth-order valence-electron chi connectivity index (χ4n) is 1.46. The molecule has 0 aliphatic heterocycles. The average molecular weight is 269 g/mol. The van der Waals surface area contributed by atoms with Gasteiger partial charge in [-0.1, -0.05) is 6.92 Å². The molecule has 0 fully saturated rings. The van der Waals surface area contributed by atoms with Crippen LogP contribution in [0.3, 0.4) is 0 Å². The van der Waals surface area contributed by atoms with E-state index in [9.17, 15) is 12.6 Å². The Morgan fingerprint density at radius 2 is 1.81 bits per heavy atom. The van der Waals surface area contributed by atoms with Gasteiger partial charge < -0.3 is 5.32 Å². The zero-order valence-electron chi connectivity index (χ0n) is 10.5. The molecule has 3 atom stereocenters. The third-order valence-electron chi connectivity index (χ3n) is 2.35. The summed E-state index contributed by atoms with van der Waals surface area (Å²) in [6.07, 6.45) is 2.48. The highest BCUT2D eigenvalue weighted by atomic mass is 32.2. The monoisotopic (exact) mass is 269 g/mol. The number of nitrogens with one attached hydrogen (secondary N) is 1. The van der Waals surface area contributed by atoms with Gasteiger partial charge in [-0.05, 0) is 20.3 Å². The molecule has 0 heterocycles. The van der Waals surface area contributed by atoms with Gasteiger partial charge in [0.05, 0.1) is 5.75 Å². The van der Waals surface area contributed by atoms with E-state index in [1.165, 1.54) is 0 Å². The lowest BCUT2D eigenvalue weighted by atomic mass is 10.2. The largest absolute Gasteiger partial charge is 0.311 e. The van der Waals surface area contributed by atoms with Gasteiger partial charge in [0.25, 0.3) is 0 Å². The summed E-state index contributed by atoms with van der Waals surface area (Å²) < 4.78 is 33.6. The molecule has 0 bridgehead atoms. The predicted molar refractivity (Wildman–Crippen MR) is 69.9 cm³/mol. The maximum Gasteiger partial charge on any atom is 0.151 e. The van der Waals surface area contributed by atoms with Gasteiger partial charge in [-0.2, -0.15) is 0 Å². The highest BCUT2D eigenvalue weighted by molar-refractivity contribution is 7.91. The molecule has 0 aliphatic rings. The zero-order chi connectivity index (χ0) is 12.8. The van der Waals surface area contributed by atoms with Gasteiger partial charge in [-0.15, -0.1) is 0 Å². The lowest BCUT2D eigenvalue weighted by Crippen LogP contribution is -2.39. The van der Waals surface area contributed by atoms with Gasteiger partial charge in [0, 0.05) is 40.6 Å². The molecule has 0 aromatic rings. The first kappa shape index (κ1) is 16.1. The molecule has 0 radical (unpaired) electrons. The first-order valence-electron chi connectivity index (χ1n) is 5.53. The van der Waals surface area contributed by atoms with Crippen LogP contribution in [0, 0.1) is 0 Å². The van der Waals surface area contributed by atoms with Crippen LogP contribution in [-0.4, -0.2) is 48.2 Å². The smallest absolute Gasteiger partial charge is 0.151 e. The summed E-state index contributed by atoms with van der Waals surface area (Å²) in [7, 11) is -3.70. The highest BCUT2D eigenvalue weighted by Gasteiger charge is 2.15. The number of hydrogen-bond acceptors (Lipinski definition) is 4. The molecular formula is C10H23NO3S2. The van der Waals surface area contributed by atoms with E-state index in [1.807, 2.05) is 13.8 Å². The van der Waals surface area contributed by atoms with Gasteiger partial charge in [0.15, 0.2) is 9.84 Å². The van der Waals surface area contributed by atoms with E-state index in [0.29, 0.717) is 5.75 Å². The molecule has 6 heteroatoms. The first-order chi connectivity index (χ1) is 7.26. The highest BCUT2D eigenvalue weighted by Crippen LogP contribution is 1.99. The Kier molecular flexibility index (Phi) is 7.43. The minimum absolute atomic E-state index is 0.0507. The van der Waals surface area contributed by atoms with Crippen molar-refractivity contribution in [1.29, 1.82) is 0 Å². The topological polar surface area (TPSA) is 63.2 Å². The molecule has 1 N–H and O–H groups in total. The van der Waals surface area contributed by atoms with Crippen molar-refractivity contribution in [3.63, 3.8) is 0 Å².